The topological polar surface area (TPSA) is 38.8 Å². The molecule has 0 radical (unpaired) electrons. The summed E-state index contributed by atoms with van der Waals surface area (Å²) in [7, 11) is 2.17. The molecule has 0 saturated carbocycles. The number of rotatable bonds is 8. The van der Waals surface area contributed by atoms with Crippen LogP contribution in [0.4, 0.5) is 0 Å². The van der Waals surface area contributed by atoms with Gasteiger partial charge in [-0.05, 0) is 107 Å². The number of thiophene rings is 1. The highest BCUT2D eigenvalue weighted by Crippen LogP contribution is 2.30. The molecule has 0 aliphatic carbocycles. The molecule has 2 fully saturated rings. The predicted octanol–water partition coefficient (Wildman–Crippen LogP) is 5.20. The Hall–Kier alpha value is -1.99. The molecule has 0 unspecified atom stereocenters. The van der Waals surface area contributed by atoms with Crippen molar-refractivity contribution in [3.63, 3.8) is 0 Å². The van der Waals surface area contributed by atoms with Crippen molar-refractivity contribution in [3.8, 4) is 10.4 Å². The standard InChI is InChI=1S/C30H42N4OS/c1-32-20-12-25(13-21-32)24-6-8-26(9-7-24)28-10-11-29(36-28)30(35)31-16-5-17-33-22-14-27(15-23-33)34-18-3-2-4-19-34/h6-12,27H,2-5,13-23H2,1H3,(H,31,35). The van der Waals surface area contributed by atoms with E-state index in [0.717, 1.165) is 54.8 Å². The summed E-state index contributed by atoms with van der Waals surface area (Å²) in [5, 5.41) is 3.14. The zero-order valence-corrected chi connectivity index (χ0v) is 22.7. The minimum Gasteiger partial charge on any atom is -0.351 e. The second-order valence-electron chi connectivity index (χ2n) is 10.8. The first-order chi connectivity index (χ1) is 17.7. The van der Waals surface area contributed by atoms with Crippen LogP contribution in [0.3, 0.4) is 0 Å². The molecular formula is C30H42N4OS. The van der Waals surface area contributed by atoms with E-state index in [0.29, 0.717) is 0 Å². The van der Waals surface area contributed by atoms with Gasteiger partial charge in [-0.2, -0.15) is 0 Å². The minimum absolute atomic E-state index is 0.0585. The number of carbonyl (C=O) groups is 1. The Labute approximate surface area is 221 Å². The van der Waals surface area contributed by atoms with Gasteiger partial charge in [0.2, 0.25) is 0 Å². The Morgan fingerprint density at radius 1 is 0.944 bits per heavy atom. The molecule has 0 atom stereocenters. The molecule has 6 heteroatoms. The van der Waals surface area contributed by atoms with E-state index >= 15 is 0 Å². The van der Waals surface area contributed by atoms with E-state index in [9.17, 15) is 4.79 Å². The fourth-order valence-corrected chi connectivity index (χ4v) is 6.81. The lowest BCUT2D eigenvalue weighted by atomic mass is 9.98. The van der Waals surface area contributed by atoms with E-state index in [1.165, 1.54) is 75.0 Å². The summed E-state index contributed by atoms with van der Waals surface area (Å²) in [6, 6.07) is 13.7. The quantitative estimate of drug-likeness (QED) is 0.499. The van der Waals surface area contributed by atoms with Crippen LogP contribution in [0.15, 0.2) is 42.5 Å². The third kappa shape index (κ3) is 6.65. The Morgan fingerprint density at radius 2 is 1.69 bits per heavy atom. The van der Waals surface area contributed by atoms with Crippen LogP contribution >= 0.6 is 11.3 Å². The van der Waals surface area contributed by atoms with Gasteiger partial charge < -0.3 is 20.0 Å². The van der Waals surface area contributed by atoms with Crippen molar-refractivity contribution in [3.05, 3.63) is 52.9 Å². The van der Waals surface area contributed by atoms with Gasteiger partial charge in [0.05, 0.1) is 4.88 Å². The van der Waals surface area contributed by atoms with E-state index in [1.54, 1.807) is 11.3 Å². The highest BCUT2D eigenvalue weighted by Gasteiger charge is 2.25. The van der Waals surface area contributed by atoms with E-state index in [-0.39, 0.29) is 5.91 Å². The van der Waals surface area contributed by atoms with E-state index in [4.69, 9.17) is 0 Å². The largest absolute Gasteiger partial charge is 0.351 e. The number of likely N-dealkylation sites (N-methyl/N-ethyl adjacent to an activating group) is 1. The Morgan fingerprint density at radius 3 is 2.42 bits per heavy atom. The predicted molar refractivity (Wildman–Crippen MR) is 152 cm³/mol. The first-order valence-electron chi connectivity index (χ1n) is 14.0. The molecule has 0 spiro atoms. The van der Waals surface area contributed by atoms with Gasteiger partial charge in [0.25, 0.3) is 5.91 Å². The summed E-state index contributed by atoms with van der Waals surface area (Å²) in [6.45, 7) is 9.00. The molecule has 0 bridgehead atoms. The monoisotopic (exact) mass is 506 g/mol. The van der Waals surface area contributed by atoms with Gasteiger partial charge in [0.15, 0.2) is 0 Å². The first kappa shape index (κ1) is 25.7. The molecule has 194 valence electrons. The lowest BCUT2D eigenvalue weighted by Gasteiger charge is -2.40. The third-order valence-electron chi connectivity index (χ3n) is 8.18. The average molecular weight is 507 g/mol. The molecule has 3 aliphatic rings. The van der Waals surface area contributed by atoms with Crippen molar-refractivity contribution in [2.45, 2.75) is 51.0 Å². The Kier molecular flexibility index (Phi) is 8.91. The number of amides is 1. The summed E-state index contributed by atoms with van der Waals surface area (Å²) in [4.78, 5) is 22.3. The van der Waals surface area contributed by atoms with Gasteiger partial charge in [-0.15, -0.1) is 11.3 Å². The van der Waals surface area contributed by atoms with Gasteiger partial charge in [-0.3, -0.25) is 4.79 Å². The number of nitrogens with zero attached hydrogens (tertiary/aromatic N) is 3. The summed E-state index contributed by atoms with van der Waals surface area (Å²) >= 11 is 1.59. The molecule has 1 N–H and O–H groups in total. The SMILES string of the molecule is CN1CC=C(c2ccc(-c3ccc(C(=O)NCCCN4CCC(N5CCCCC5)CC4)s3)cc2)CC1. The zero-order chi connectivity index (χ0) is 24.7. The fourth-order valence-electron chi connectivity index (χ4n) is 5.88. The number of benzene rings is 1. The molecule has 5 rings (SSSR count). The van der Waals surface area contributed by atoms with Crippen molar-refractivity contribution in [1.29, 1.82) is 0 Å². The second kappa shape index (κ2) is 12.5. The molecule has 2 saturated heterocycles. The first-order valence-corrected chi connectivity index (χ1v) is 14.8. The maximum atomic E-state index is 12.7. The average Bonchev–Trinajstić information content (AvgIpc) is 3.43. The van der Waals surface area contributed by atoms with Gasteiger partial charge in [0.1, 0.15) is 0 Å². The molecule has 1 aromatic carbocycles. The van der Waals surface area contributed by atoms with Crippen LogP contribution in [0.2, 0.25) is 0 Å². The van der Waals surface area contributed by atoms with Crippen molar-refractivity contribution in [2.75, 3.05) is 59.4 Å². The van der Waals surface area contributed by atoms with E-state index < -0.39 is 0 Å². The Balaban J connectivity index is 1.03. The number of piperidine rings is 2. The highest BCUT2D eigenvalue weighted by atomic mass is 32.1. The second-order valence-corrected chi connectivity index (χ2v) is 11.8. The van der Waals surface area contributed by atoms with Gasteiger partial charge in [-0.1, -0.05) is 36.8 Å². The summed E-state index contributed by atoms with van der Waals surface area (Å²) < 4.78 is 0. The van der Waals surface area contributed by atoms with Crippen LogP contribution in [0, 0.1) is 0 Å². The van der Waals surface area contributed by atoms with Crippen LogP contribution in [0.25, 0.3) is 16.0 Å². The lowest BCUT2D eigenvalue weighted by Crippen LogP contribution is -2.47. The van der Waals surface area contributed by atoms with Crippen molar-refractivity contribution >= 4 is 22.8 Å². The molecule has 2 aromatic rings. The molecular weight excluding hydrogens is 464 g/mol. The molecule has 36 heavy (non-hydrogen) atoms. The highest BCUT2D eigenvalue weighted by molar-refractivity contribution is 7.17. The maximum absolute atomic E-state index is 12.7. The van der Waals surface area contributed by atoms with Crippen LogP contribution < -0.4 is 5.32 Å². The van der Waals surface area contributed by atoms with Gasteiger partial charge in [0, 0.05) is 30.6 Å². The number of likely N-dealkylation sites (tertiary alicyclic amines) is 2. The number of hydrogen-bond acceptors (Lipinski definition) is 5. The van der Waals surface area contributed by atoms with Gasteiger partial charge >= 0.3 is 0 Å². The molecule has 5 nitrogen and oxygen atoms in total. The van der Waals surface area contributed by atoms with Crippen LogP contribution in [0.5, 0.6) is 0 Å². The summed E-state index contributed by atoms with van der Waals surface area (Å²) in [5.41, 5.74) is 3.94. The summed E-state index contributed by atoms with van der Waals surface area (Å²) in [6.07, 6.45) is 11.3. The maximum Gasteiger partial charge on any atom is 0.261 e. The number of hydrogen-bond donors (Lipinski definition) is 1. The number of carbonyl (C=O) groups excluding carboxylic acids is 1. The van der Waals surface area contributed by atoms with Crippen molar-refractivity contribution < 1.29 is 4.79 Å². The number of nitrogens with one attached hydrogen (secondary N) is 1. The van der Waals surface area contributed by atoms with E-state index in [2.05, 4.69) is 63.5 Å². The summed E-state index contributed by atoms with van der Waals surface area (Å²) in [5.74, 6) is 0.0585. The third-order valence-corrected chi connectivity index (χ3v) is 9.32. The normalized spacial score (nSPS) is 20.9. The Bertz CT molecular complexity index is 1020. The molecule has 3 aliphatic heterocycles. The van der Waals surface area contributed by atoms with Crippen LogP contribution in [-0.4, -0.2) is 86.1 Å². The van der Waals surface area contributed by atoms with Crippen molar-refractivity contribution in [1.82, 2.24) is 20.0 Å². The lowest BCUT2D eigenvalue weighted by molar-refractivity contribution is 0.0904. The minimum atomic E-state index is 0.0585. The van der Waals surface area contributed by atoms with E-state index in [1.807, 2.05) is 6.07 Å². The molecule has 1 aromatic heterocycles. The zero-order valence-electron chi connectivity index (χ0n) is 21.9. The molecule has 4 heterocycles. The van der Waals surface area contributed by atoms with Gasteiger partial charge in [-0.25, -0.2) is 0 Å². The molecule has 1 amide bonds. The van der Waals surface area contributed by atoms with Crippen LogP contribution in [-0.2, 0) is 0 Å². The fraction of sp³-hybridized carbons (Fsp3) is 0.567. The van der Waals surface area contributed by atoms with Crippen LogP contribution in [0.1, 0.15) is 60.2 Å². The van der Waals surface area contributed by atoms with Crippen molar-refractivity contribution in [2.24, 2.45) is 0 Å². The smallest absolute Gasteiger partial charge is 0.261 e.